The lowest BCUT2D eigenvalue weighted by Crippen LogP contribution is -2.53. The van der Waals surface area contributed by atoms with E-state index >= 15 is 0 Å². The number of nitrogens with one attached hydrogen (secondary N) is 1. The van der Waals surface area contributed by atoms with Gasteiger partial charge in [-0.15, -0.1) is 0 Å². The molecule has 2 heterocycles. The summed E-state index contributed by atoms with van der Waals surface area (Å²) in [6.45, 7) is 8.18. The molecule has 0 aromatic carbocycles. The molecule has 0 bridgehead atoms. The predicted octanol–water partition coefficient (Wildman–Crippen LogP) is 1.57. The number of hydrogen-bond acceptors (Lipinski definition) is 3. The maximum absolute atomic E-state index is 5.95. The molecule has 0 spiro atoms. The van der Waals surface area contributed by atoms with E-state index in [0.717, 1.165) is 26.4 Å². The van der Waals surface area contributed by atoms with Gasteiger partial charge in [-0.25, -0.2) is 0 Å². The smallest absolute Gasteiger partial charge is 0.0811 e. The summed E-state index contributed by atoms with van der Waals surface area (Å²) < 4.78 is 11.4. The minimum absolute atomic E-state index is 0.0361. The van der Waals surface area contributed by atoms with E-state index in [9.17, 15) is 0 Å². The molecule has 2 aliphatic heterocycles. The van der Waals surface area contributed by atoms with Crippen molar-refractivity contribution in [2.24, 2.45) is 5.92 Å². The van der Waals surface area contributed by atoms with Gasteiger partial charge in [0.05, 0.1) is 12.2 Å². The van der Waals surface area contributed by atoms with Gasteiger partial charge in [0.1, 0.15) is 0 Å². The van der Waals surface area contributed by atoms with Crippen molar-refractivity contribution in [3.05, 3.63) is 0 Å². The lowest BCUT2D eigenvalue weighted by Gasteiger charge is -2.37. The number of hydrogen-bond donors (Lipinski definition) is 1. The van der Waals surface area contributed by atoms with Crippen molar-refractivity contribution in [3.63, 3.8) is 0 Å². The molecule has 0 aromatic heterocycles. The molecule has 3 heteroatoms. The van der Waals surface area contributed by atoms with Crippen molar-refractivity contribution in [3.8, 4) is 0 Å². The molecule has 0 aromatic rings. The summed E-state index contributed by atoms with van der Waals surface area (Å²) in [5, 5.41) is 3.60. The Balaban J connectivity index is 2.03. The third kappa shape index (κ3) is 2.35. The van der Waals surface area contributed by atoms with Crippen molar-refractivity contribution in [2.75, 3.05) is 26.4 Å². The van der Waals surface area contributed by atoms with Gasteiger partial charge in [-0.3, -0.25) is 0 Å². The Morgan fingerprint density at radius 3 is 2.87 bits per heavy atom. The van der Waals surface area contributed by atoms with E-state index in [1.807, 2.05) is 0 Å². The Morgan fingerprint density at radius 2 is 2.33 bits per heavy atom. The summed E-state index contributed by atoms with van der Waals surface area (Å²) >= 11 is 0. The highest BCUT2D eigenvalue weighted by atomic mass is 16.5. The van der Waals surface area contributed by atoms with E-state index in [-0.39, 0.29) is 5.60 Å². The Morgan fingerprint density at radius 1 is 1.47 bits per heavy atom. The van der Waals surface area contributed by atoms with Crippen LogP contribution in [0.4, 0.5) is 0 Å². The van der Waals surface area contributed by atoms with Gasteiger partial charge in [-0.1, -0.05) is 6.92 Å². The molecule has 3 atom stereocenters. The van der Waals surface area contributed by atoms with Crippen LogP contribution in [-0.4, -0.2) is 38.0 Å². The lowest BCUT2D eigenvalue weighted by atomic mass is 9.83. The van der Waals surface area contributed by atoms with Gasteiger partial charge < -0.3 is 14.8 Å². The average molecular weight is 213 g/mol. The summed E-state index contributed by atoms with van der Waals surface area (Å²) in [6.07, 6.45) is 3.56. The van der Waals surface area contributed by atoms with Crippen molar-refractivity contribution in [1.82, 2.24) is 5.32 Å². The van der Waals surface area contributed by atoms with Crippen LogP contribution in [0.15, 0.2) is 0 Å². The molecule has 88 valence electrons. The number of rotatable bonds is 4. The molecule has 2 rings (SSSR count). The fraction of sp³-hybridized carbons (Fsp3) is 1.00. The highest BCUT2D eigenvalue weighted by Crippen LogP contribution is 2.34. The van der Waals surface area contributed by atoms with Crippen LogP contribution in [0.3, 0.4) is 0 Å². The summed E-state index contributed by atoms with van der Waals surface area (Å²) in [5.41, 5.74) is 0.0361. The van der Waals surface area contributed by atoms with Gasteiger partial charge in [0.2, 0.25) is 0 Å². The van der Waals surface area contributed by atoms with Crippen LogP contribution < -0.4 is 5.32 Å². The first-order chi connectivity index (χ1) is 7.26. The zero-order valence-electron chi connectivity index (χ0n) is 9.92. The molecule has 0 radical (unpaired) electrons. The SMILES string of the molecule is CCNC(C1CCOC1)C1(C)CCCO1. The summed E-state index contributed by atoms with van der Waals surface area (Å²) in [7, 11) is 0. The highest BCUT2D eigenvalue weighted by molar-refractivity contribution is 4.97. The Bertz CT molecular complexity index is 196. The lowest BCUT2D eigenvalue weighted by molar-refractivity contribution is -0.0293. The maximum atomic E-state index is 5.95. The maximum Gasteiger partial charge on any atom is 0.0811 e. The highest BCUT2D eigenvalue weighted by Gasteiger charge is 2.43. The molecule has 0 aliphatic carbocycles. The third-order valence-corrected chi connectivity index (χ3v) is 3.77. The second kappa shape index (κ2) is 4.81. The Hall–Kier alpha value is -0.120. The van der Waals surface area contributed by atoms with E-state index in [1.54, 1.807) is 0 Å². The van der Waals surface area contributed by atoms with Gasteiger partial charge in [0.15, 0.2) is 0 Å². The first-order valence-electron chi connectivity index (χ1n) is 6.21. The first-order valence-corrected chi connectivity index (χ1v) is 6.21. The van der Waals surface area contributed by atoms with Crippen molar-refractivity contribution in [1.29, 1.82) is 0 Å². The molecule has 3 unspecified atom stereocenters. The molecule has 1 N–H and O–H groups in total. The van der Waals surface area contributed by atoms with Crippen LogP contribution in [0.2, 0.25) is 0 Å². The van der Waals surface area contributed by atoms with Crippen LogP contribution in [0.5, 0.6) is 0 Å². The van der Waals surface area contributed by atoms with Gasteiger partial charge in [-0.05, 0) is 32.7 Å². The molecule has 2 fully saturated rings. The predicted molar refractivity (Wildman–Crippen MR) is 60.0 cm³/mol. The molecule has 0 amide bonds. The normalized spacial score (nSPS) is 38.4. The van der Waals surface area contributed by atoms with E-state index in [2.05, 4.69) is 19.2 Å². The topological polar surface area (TPSA) is 30.5 Å². The van der Waals surface area contributed by atoms with Gasteiger partial charge in [-0.2, -0.15) is 0 Å². The van der Waals surface area contributed by atoms with E-state index in [4.69, 9.17) is 9.47 Å². The van der Waals surface area contributed by atoms with E-state index in [0.29, 0.717) is 12.0 Å². The van der Waals surface area contributed by atoms with Crippen molar-refractivity contribution >= 4 is 0 Å². The largest absolute Gasteiger partial charge is 0.381 e. The zero-order valence-corrected chi connectivity index (χ0v) is 9.92. The van der Waals surface area contributed by atoms with Crippen LogP contribution in [0.1, 0.15) is 33.1 Å². The number of ether oxygens (including phenoxy) is 2. The second-order valence-electron chi connectivity index (χ2n) is 4.92. The van der Waals surface area contributed by atoms with E-state index in [1.165, 1.54) is 19.3 Å². The molecular formula is C12H23NO2. The molecule has 15 heavy (non-hydrogen) atoms. The molecule has 0 saturated carbocycles. The standard InChI is InChI=1S/C12H23NO2/c1-3-13-11(10-5-8-14-9-10)12(2)6-4-7-15-12/h10-11,13H,3-9H2,1-2H3. The minimum atomic E-state index is 0.0361. The summed E-state index contributed by atoms with van der Waals surface area (Å²) in [4.78, 5) is 0. The molecule has 2 aliphatic rings. The second-order valence-corrected chi connectivity index (χ2v) is 4.92. The van der Waals surface area contributed by atoms with Crippen LogP contribution in [0, 0.1) is 5.92 Å². The Kier molecular flexibility index (Phi) is 3.65. The summed E-state index contributed by atoms with van der Waals surface area (Å²) in [5.74, 6) is 0.632. The van der Waals surface area contributed by atoms with Gasteiger partial charge >= 0.3 is 0 Å². The van der Waals surface area contributed by atoms with Gasteiger partial charge in [0.25, 0.3) is 0 Å². The van der Waals surface area contributed by atoms with E-state index < -0.39 is 0 Å². The fourth-order valence-electron chi connectivity index (χ4n) is 2.96. The van der Waals surface area contributed by atoms with Crippen LogP contribution >= 0.6 is 0 Å². The quantitative estimate of drug-likeness (QED) is 0.769. The average Bonchev–Trinajstić information content (AvgIpc) is 2.85. The van der Waals surface area contributed by atoms with Gasteiger partial charge in [0, 0.05) is 25.2 Å². The summed E-state index contributed by atoms with van der Waals surface area (Å²) in [6, 6.07) is 0.465. The molecule has 3 nitrogen and oxygen atoms in total. The van der Waals surface area contributed by atoms with Crippen molar-refractivity contribution in [2.45, 2.75) is 44.8 Å². The number of likely N-dealkylation sites (N-methyl/N-ethyl adjacent to an activating group) is 1. The first kappa shape index (κ1) is 11.4. The zero-order chi connectivity index (χ0) is 10.7. The third-order valence-electron chi connectivity index (χ3n) is 3.77. The minimum Gasteiger partial charge on any atom is -0.381 e. The molecular weight excluding hydrogens is 190 g/mol. The van der Waals surface area contributed by atoms with Crippen LogP contribution in [0.25, 0.3) is 0 Å². The van der Waals surface area contributed by atoms with Crippen molar-refractivity contribution < 1.29 is 9.47 Å². The Labute approximate surface area is 92.5 Å². The monoisotopic (exact) mass is 213 g/mol. The molecule has 2 saturated heterocycles. The van der Waals surface area contributed by atoms with Crippen LogP contribution in [-0.2, 0) is 9.47 Å². The fourth-order valence-corrected chi connectivity index (χ4v) is 2.96.